The number of carbonyl (C=O) groups is 2. The number of hydrogen-bond donors (Lipinski definition) is 1. The van der Waals surface area contributed by atoms with Gasteiger partial charge in [0.15, 0.2) is 0 Å². The molecule has 4 rings (SSSR count). The third-order valence-electron chi connectivity index (χ3n) is 5.71. The first kappa shape index (κ1) is 21.8. The molecule has 32 heavy (non-hydrogen) atoms. The topological polar surface area (TPSA) is 49.4 Å². The molecule has 0 unspecified atom stereocenters. The van der Waals surface area contributed by atoms with Gasteiger partial charge in [0.25, 0.3) is 11.8 Å². The predicted molar refractivity (Wildman–Crippen MR) is 129 cm³/mol. The number of nitrogens with zero attached hydrogens (tertiary/aromatic N) is 1. The Morgan fingerprint density at radius 3 is 2.06 bits per heavy atom. The minimum atomic E-state index is -0.336. The number of rotatable bonds is 5. The fraction of sp³-hybridized carbons (Fsp3) is 0.185. The molecule has 0 spiro atoms. The summed E-state index contributed by atoms with van der Waals surface area (Å²) < 4.78 is 0. The van der Waals surface area contributed by atoms with Gasteiger partial charge in [-0.2, -0.15) is 0 Å². The number of hydrogen-bond acceptors (Lipinski definition) is 3. The number of nitrogens with one attached hydrogen (secondary N) is 1. The van der Waals surface area contributed by atoms with Gasteiger partial charge < -0.3 is 5.32 Å². The number of imide groups is 1. The molecule has 4 nitrogen and oxygen atoms in total. The Kier molecular flexibility index (Phi) is 5.90. The van der Waals surface area contributed by atoms with E-state index in [0.29, 0.717) is 16.3 Å². The summed E-state index contributed by atoms with van der Waals surface area (Å²) in [6.07, 6.45) is 0. The molecule has 3 aromatic rings. The van der Waals surface area contributed by atoms with E-state index in [1.807, 2.05) is 70.2 Å². The highest BCUT2D eigenvalue weighted by molar-refractivity contribution is 6.36. The molecule has 1 aliphatic rings. The summed E-state index contributed by atoms with van der Waals surface area (Å²) in [6.45, 7) is 8.22. The van der Waals surface area contributed by atoms with Crippen LogP contribution >= 0.6 is 11.6 Å². The maximum absolute atomic E-state index is 13.5. The zero-order valence-corrected chi connectivity index (χ0v) is 19.4. The molecule has 0 atom stereocenters. The minimum absolute atomic E-state index is 0.182. The molecule has 3 aromatic carbocycles. The van der Waals surface area contributed by atoms with Crippen LogP contribution in [0, 0.1) is 27.7 Å². The second-order valence-corrected chi connectivity index (χ2v) is 8.81. The number of aryl methyl sites for hydroxylation is 4. The van der Waals surface area contributed by atoms with Gasteiger partial charge in [0.1, 0.15) is 5.70 Å². The summed E-state index contributed by atoms with van der Waals surface area (Å²) in [5.41, 5.74) is 7.41. The lowest BCUT2D eigenvalue weighted by molar-refractivity contribution is -0.137. The van der Waals surface area contributed by atoms with Crippen LogP contribution in [0.2, 0.25) is 5.02 Å². The van der Waals surface area contributed by atoms with E-state index < -0.39 is 0 Å². The molecule has 0 aromatic heterocycles. The lowest BCUT2D eigenvalue weighted by Crippen LogP contribution is -2.32. The van der Waals surface area contributed by atoms with Gasteiger partial charge in [-0.05, 0) is 85.3 Å². The molecule has 0 aliphatic carbocycles. The molecule has 0 radical (unpaired) electrons. The van der Waals surface area contributed by atoms with Gasteiger partial charge in [0, 0.05) is 10.7 Å². The Balaban J connectivity index is 1.77. The molecule has 0 fully saturated rings. The van der Waals surface area contributed by atoms with Crippen molar-refractivity contribution >= 4 is 34.7 Å². The Hall–Kier alpha value is -3.37. The number of benzene rings is 3. The molecule has 0 saturated carbocycles. The van der Waals surface area contributed by atoms with Crippen LogP contribution < -0.4 is 5.32 Å². The summed E-state index contributed by atoms with van der Waals surface area (Å²) in [4.78, 5) is 28.2. The summed E-state index contributed by atoms with van der Waals surface area (Å²) in [5.74, 6) is -0.641. The molecule has 1 N–H and O–H groups in total. The highest BCUT2D eigenvalue weighted by Crippen LogP contribution is 2.33. The average molecular weight is 445 g/mol. The first-order chi connectivity index (χ1) is 15.2. The van der Waals surface area contributed by atoms with E-state index in [-0.39, 0.29) is 18.4 Å². The van der Waals surface area contributed by atoms with Gasteiger partial charge in [-0.3, -0.25) is 14.5 Å². The fourth-order valence-electron chi connectivity index (χ4n) is 3.96. The second-order valence-electron chi connectivity index (χ2n) is 8.37. The van der Waals surface area contributed by atoms with Crippen molar-refractivity contribution < 1.29 is 9.59 Å². The third kappa shape index (κ3) is 4.32. The van der Waals surface area contributed by atoms with Crippen molar-refractivity contribution in [1.29, 1.82) is 0 Å². The first-order valence-electron chi connectivity index (χ1n) is 10.5. The Labute approximate surface area is 193 Å². The molecule has 0 saturated heterocycles. The van der Waals surface area contributed by atoms with Gasteiger partial charge in [0.2, 0.25) is 0 Å². The monoisotopic (exact) mass is 444 g/mol. The highest BCUT2D eigenvalue weighted by atomic mass is 35.5. The molecular weight excluding hydrogens is 420 g/mol. The van der Waals surface area contributed by atoms with Crippen LogP contribution in [0.5, 0.6) is 0 Å². The maximum atomic E-state index is 13.5. The van der Waals surface area contributed by atoms with Crippen molar-refractivity contribution in [3.8, 4) is 0 Å². The fourth-order valence-corrected chi connectivity index (χ4v) is 4.09. The van der Waals surface area contributed by atoms with E-state index in [1.54, 1.807) is 12.1 Å². The normalized spacial score (nSPS) is 13.8. The number of carbonyl (C=O) groups excluding carboxylic acids is 2. The Morgan fingerprint density at radius 1 is 0.781 bits per heavy atom. The summed E-state index contributed by atoms with van der Waals surface area (Å²) in [7, 11) is 0. The number of halogens is 1. The van der Waals surface area contributed by atoms with Crippen LogP contribution in [0.15, 0.2) is 66.4 Å². The van der Waals surface area contributed by atoms with Crippen LogP contribution in [0.1, 0.15) is 33.4 Å². The highest BCUT2D eigenvalue weighted by Gasteiger charge is 2.39. The van der Waals surface area contributed by atoms with Crippen molar-refractivity contribution in [3.05, 3.63) is 105 Å². The van der Waals surface area contributed by atoms with Crippen LogP contribution in [0.25, 0.3) is 5.57 Å². The van der Waals surface area contributed by atoms with Crippen molar-refractivity contribution in [1.82, 2.24) is 4.90 Å². The van der Waals surface area contributed by atoms with E-state index in [0.717, 1.165) is 39.1 Å². The van der Waals surface area contributed by atoms with Gasteiger partial charge in [-0.25, -0.2) is 0 Å². The number of anilines is 1. The Bertz CT molecular complexity index is 1240. The smallest absolute Gasteiger partial charge is 0.278 e. The lowest BCUT2D eigenvalue weighted by Gasteiger charge is -2.16. The van der Waals surface area contributed by atoms with Crippen molar-refractivity contribution in [2.24, 2.45) is 0 Å². The van der Waals surface area contributed by atoms with Crippen LogP contribution in [-0.4, -0.2) is 16.7 Å². The van der Waals surface area contributed by atoms with E-state index in [4.69, 9.17) is 11.6 Å². The van der Waals surface area contributed by atoms with Gasteiger partial charge in [-0.15, -0.1) is 0 Å². The molecule has 1 aliphatic heterocycles. The second kappa shape index (κ2) is 8.64. The van der Waals surface area contributed by atoms with Crippen molar-refractivity contribution in [2.45, 2.75) is 34.2 Å². The molecule has 5 heteroatoms. The van der Waals surface area contributed by atoms with Crippen molar-refractivity contribution in [2.75, 3.05) is 5.32 Å². The maximum Gasteiger partial charge on any atom is 0.278 e. The first-order valence-corrected chi connectivity index (χ1v) is 10.9. The summed E-state index contributed by atoms with van der Waals surface area (Å²) in [6, 6.07) is 19.0. The van der Waals surface area contributed by atoms with Gasteiger partial charge in [-0.1, -0.05) is 48.0 Å². The Morgan fingerprint density at radius 2 is 1.44 bits per heavy atom. The summed E-state index contributed by atoms with van der Waals surface area (Å²) in [5, 5.41) is 3.87. The van der Waals surface area contributed by atoms with Gasteiger partial charge in [0.05, 0.1) is 12.1 Å². The van der Waals surface area contributed by atoms with E-state index in [1.165, 1.54) is 4.90 Å². The third-order valence-corrected chi connectivity index (χ3v) is 5.96. The van der Waals surface area contributed by atoms with Gasteiger partial charge >= 0.3 is 0 Å². The van der Waals surface area contributed by atoms with Crippen molar-refractivity contribution in [3.63, 3.8) is 0 Å². The standard InChI is InChI=1S/C27H25ClN2O2/c1-16-11-17(2)13-23(12-16)29-25-24(21-8-5-18(3)19(4)14-21)26(31)30(27(25)32)15-20-6-9-22(28)10-7-20/h5-14,29H,15H2,1-4H3. The zero-order valence-electron chi connectivity index (χ0n) is 18.6. The lowest BCUT2D eigenvalue weighted by atomic mass is 9.99. The van der Waals surface area contributed by atoms with E-state index in [2.05, 4.69) is 11.4 Å². The largest absolute Gasteiger partial charge is 0.350 e. The minimum Gasteiger partial charge on any atom is -0.350 e. The van der Waals surface area contributed by atoms with Crippen LogP contribution in [-0.2, 0) is 16.1 Å². The molecule has 0 bridgehead atoms. The van der Waals surface area contributed by atoms with Crippen LogP contribution in [0.4, 0.5) is 5.69 Å². The number of amides is 2. The summed E-state index contributed by atoms with van der Waals surface area (Å²) >= 11 is 5.99. The van der Waals surface area contributed by atoms with Crippen LogP contribution in [0.3, 0.4) is 0 Å². The SMILES string of the molecule is Cc1cc(C)cc(NC2=C(c3ccc(C)c(C)c3)C(=O)N(Cc3ccc(Cl)cc3)C2=O)c1. The van der Waals surface area contributed by atoms with E-state index in [9.17, 15) is 9.59 Å². The molecular formula is C27H25ClN2O2. The molecule has 1 heterocycles. The molecule has 2 amide bonds. The zero-order chi connectivity index (χ0) is 23.0. The molecule has 162 valence electrons. The van der Waals surface area contributed by atoms with E-state index >= 15 is 0 Å². The quantitative estimate of drug-likeness (QED) is 0.493. The average Bonchev–Trinajstić information content (AvgIpc) is 2.95. The predicted octanol–water partition coefficient (Wildman–Crippen LogP) is 5.97.